The third kappa shape index (κ3) is 2.30. The van der Waals surface area contributed by atoms with Gasteiger partial charge in [0, 0.05) is 16.8 Å². The number of carboxylic acid groups (broad SMARTS) is 1. The van der Waals surface area contributed by atoms with Crippen LogP contribution >= 0.6 is 11.3 Å². The van der Waals surface area contributed by atoms with Gasteiger partial charge in [-0.05, 0) is 11.5 Å². The minimum absolute atomic E-state index is 0.273. The summed E-state index contributed by atoms with van der Waals surface area (Å²) in [6.45, 7) is 0. The maximum Gasteiger partial charge on any atom is 0.346 e. The molecule has 0 amide bonds. The van der Waals surface area contributed by atoms with E-state index < -0.39 is 5.97 Å². The van der Waals surface area contributed by atoms with E-state index in [1.165, 1.54) is 6.07 Å². The van der Waals surface area contributed by atoms with Crippen LogP contribution in [0.4, 0.5) is 0 Å². The predicted octanol–water partition coefficient (Wildman–Crippen LogP) is 4.39. The van der Waals surface area contributed by atoms with Crippen molar-refractivity contribution in [3.05, 3.63) is 58.8 Å². The van der Waals surface area contributed by atoms with Gasteiger partial charge in [0.05, 0.1) is 0 Å². The van der Waals surface area contributed by atoms with Crippen molar-refractivity contribution in [1.82, 2.24) is 0 Å². The molecule has 0 aliphatic carbocycles. The highest BCUT2D eigenvalue weighted by Gasteiger charge is 2.09. The molecule has 3 nitrogen and oxygen atoms in total. The molecule has 0 spiro atoms. The molecule has 4 heteroatoms. The Hall–Kier alpha value is -2.33. The third-order valence-corrected chi connectivity index (χ3v) is 3.66. The molecule has 3 rings (SSSR count). The highest BCUT2D eigenvalue weighted by molar-refractivity contribution is 7.12. The van der Waals surface area contributed by atoms with Crippen molar-refractivity contribution in [3.63, 3.8) is 0 Å². The second kappa shape index (κ2) is 4.74. The minimum Gasteiger partial charge on any atom is -0.477 e. The minimum atomic E-state index is -0.933. The number of carbonyl (C=O) groups is 1. The fourth-order valence-electron chi connectivity index (χ4n) is 1.90. The first kappa shape index (κ1) is 11.7. The van der Waals surface area contributed by atoms with Crippen molar-refractivity contribution in [2.45, 2.75) is 0 Å². The first-order valence-electron chi connectivity index (χ1n) is 5.71. The lowest BCUT2D eigenvalue weighted by Crippen LogP contribution is -1.90. The van der Waals surface area contributed by atoms with Crippen LogP contribution in [0.1, 0.15) is 9.67 Å². The Labute approximate surface area is 113 Å². The van der Waals surface area contributed by atoms with Crippen LogP contribution in [0, 0.1) is 0 Å². The number of thiophene rings is 1. The summed E-state index contributed by atoms with van der Waals surface area (Å²) in [5, 5.41) is 12.7. The number of hydrogen-bond donors (Lipinski definition) is 1. The smallest absolute Gasteiger partial charge is 0.346 e. The Morgan fingerprint density at radius 2 is 1.89 bits per heavy atom. The normalized spacial score (nSPS) is 10.5. The summed E-state index contributed by atoms with van der Waals surface area (Å²) < 4.78 is 5.77. The molecule has 3 aromatic rings. The maximum atomic E-state index is 10.8. The van der Waals surface area contributed by atoms with E-state index in [4.69, 9.17) is 9.84 Å². The van der Waals surface area contributed by atoms with Gasteiger partial charge in [-0.2, -0.15) is 0 Å². The fourth-order valence-corrected chi connectivity index (χ4v) is 2.54. The van der Waals surface area contributed by atoms with Crippen LogP contribution in [0.25, 0.3) is 10.8 Å². The summed E-state index contributed by atoms with van der Waals surface area (Å²) >= 11 is 1.16. The Balaban J connectivity index is 1.98. The molecular weight excluding hydrogens is 260 g/mol. The zero-order valence-corrected chi connectivity index (χ0v) is 10.7. The first-order valence-corrected chi connectivity index (χ1v) is 6.59. The lowest BCUT2D eigenvalue weighted by molar-refractivity contribution is 0.0702. The Bertz CT molecular complexity index is 740. The van der Waals surface area contributed by atoms with Crippen LogP contribution in [0.5, 0.6) is 11.5 Å². The van der Waals surface area contributed by atoms with E-state index in [2.05, 4.69) is 0 Å². The molecule has 1 N–H and O–H groups in total. The predicted molar refractivity (Wildman–Crippen MR) is 75.3 cm³/mol. The summed E-state index contributed by atoms with van der Waals surface area (Å²) in [5.41, 5.74) is 0. The Morgan fingerprint density at radius 3 is 2.68 bits per heavy atom. The summed E-state index contributed by atoms with van der Waals surface area (Å²) in [5.74, 6) is 0.351. The van der Waals surface area contributed by atoms with Crippen LogP contribution in [-0.4, -0.2) is 11.1 Å². The van der Waals surface area contributed by atoms with Gasteiger partial charge in [-0.15, -0.1) is 11.3 Å². The van der Waals surface area contributed by atoms with E-state index in [0.717, 1.165) is 27.9 Å². The van der Waals surface area contributed by atoms with Gasteiger partial charge in [0.2, 0.25) is 0 Å². The molecule has 0 unspecified atom stereocenters. The molecule has 19 heavy (non-hydrogen) atoms. The average Bonchev–Trinajstić information content (AvgIpc) is 2.88. The van der Waals surface area contributed by atoms with Crippen LogP contribution in [0.2, 0.25) is 0 Å². The first-order chi connectivity index (χ1) is 9.24. The monoisotopic (exact) mass is 270 g/mol. The van der Waals surface area contributed by atoms with Gasteiger partial charge in [0.25, 0.3) is 0 Å². The van der Waals surface area contributed by atoms with Crippen LogP contribution in [0.3, 0.4) is 0 Å². The zero-order valence-electron chi connectivity index (χ0n) is 9.87. The molecule has 0 bridgehead atoms. The largest absolute Gasteiger partial charge is 0.477 e. The number of aromatic carboxylic acids is 1. The number of carboxylic acids is 1. The standard InChI is InChI=1S/C15H10O3S/c16-15(17)14-8-11(9-19-14)18-13-7-3-5-10-4-1-2-6-12(10)13/h1-9H,(H,16,17). The Morgan fingerprint density at radius 1 is 1.11 bits per heavy atom. The SMILES string of the molecule is O=C(O)c1cc(Oc2cccc3ccccc23)cs1. The molecule has 0 aliphatic rings. The number of fused-ring (bicyclic) bond motifs is 1. The number of hydrogen-bond acceptors (Lipinski definition) is 3. The van der Waals surface area contributed by atoms with Gasteiger partial charge in [-0.1, -0.05) is 36.4 Å². The van der Waals surface area contributed by atoms with E-state index in [-0.39, 0.29) is 4.88 Å². The zero-order chi connectivity index (χ0) is 13.2. The molecule has 2 aromatic carbocycles. The molecule has 1 heterocycles. The lowest BCUT2D eigenvalue weighted by Gasteiger charge is -2.06. The van der Waals surface area contributed by atoms with Gasteiger partial charge < -0.3 is 9.84 Å². The summed E-state index contributed by atoms with van der Waals surface area (Å²) in [7, 11) is 0. The molecule has 0 saturated carbocycles. The van der Waals surface area contributed by atoms with Crippen molar-refractivity contribution in [2.24, 2.45) is 0 Å². The molecule has 0 aliphatic heterocycles. The Kier molecular flexibility index (Phi) is 2.93. The lowest BCUT2D eigenvalue weighted by atomic mass is 10.1. The number of benzene rings is 2. The van der Waals surface area contributed by atoms with Gasteiger partial charge in [0.15, 0.2) is 0 Å². The van der Waals surface area contributed by atoms with E-state index in [1.54, 1.807) is 5.38 Å². The maximum absolute atomic E-state index is 10.8. The summed E-state index contributed by atoms with van der Waals surface area (Å²) in [4.78, 5) is 11.1. The van der Waals surface area contributed by atoms with Crippen LogP contribution in [-0.2, 0) is 0 Å². The molecule has 0 radical (unpaired) electrons. The van der Waals surface area contributed by atoms with E-state index in [0.29, 0.717) is 5.75 Å². The molecule has 1 aromatic heterocycles. The molecule has 0 fully saturated rings. The second-order valence-electron chi connectivity index (χ2n) is 4.03. The van der Waals surface area contributed by atoms with E-state index in [9.17, 15) is 4.79 Å². The fraction of sp³-hybridized carbons (Fsp3) is 0. The molecule has 94 valence electrons. The van der Waals surface area contributed by atoms with Gasteiger partial charge in [-0.3, -0.25) is 0 Å². The van der Waals surface area contributed by atoms with Crippen molar-refractivity contribution >= 4 is 28.1 Å². The van der Waals surface area contributed by atoms with Crippen LogP contribution in [0.15, 0.2) is 53.9 Å². The van der Waals surface area contributed by atoms with Crippen molar-refractivity contribution in [1.29, 1.82) is 0 Å². The molecule has 0 atom stereocenters. The third-order valence-electron chi connectivity index (χ3n) is 2.76. The van der Waals surface area contributed by atoms with Crippen molar-refractivity contribution in [2.75, 3.05) is 0 Å². The summed E-state index contributed by atoms with van der Waals surface area (Å²) in [6.07, 6.45) is 0. The topological polar surface area (TPSA) is 46.5 Å². The molecular formula is C15H10O3S. The number of rotatable bonds is 3. The highest BCUT2D eigenvalue weighted by atomic mass is 32.1. The quantitative estimate of drug-likeness (QED) is 0.767. The van der Waals surface area contributed by atoms with Gasteiger partial charge >= 0.3 is 5.97 Å². The van der Waals surface area contributed by atoms with Crippen LogP contribution < -0.4 is 4.74 Å². The van der Waals surface area contributed by atoms with E-state index in [1.807, 2.05) is 42.5 Å². The molecule has 0 saturated heterocycles. The number of ether oxygens (including phenoxy) is 1. The summed E-state index contributed by atoms with van der Waals surface area (Å²) in [6, 6.07) is 15.3. The average molecular weight is 270 g/mol. The van der Waals surface area contributed by atoms with Crippen molar-refractivity contribution < 1.29 is 14.6 Å². The second-order valence-corrected chi connectivity index (χ2v) is 4.94. The highest BCUT2D eigenvalue weighted by Crippen LogP contribution is 2.32. The van der Waals surface area contributed by atoms with Gasteiger partial charge in [-0.25, -0.2) is 4.79 Å². The van der Waals surface area contributed by atoms with Gasteiger partial charge in [0.1, 0.15) is 16.4 Å². The van der Waals surface area contributed by atoms with Crippen molar-refractivity contribution in [3.8, 4) is 11.5 Å². The van der Waals surface area contributed by atoms with E-state index >= 15 is 0 Å².